The number of hydrogen-bond donors (Lipinski definition) is 0. The number of rotatable bonds is 2. The molecule has 0 heterocycles. The fraction of sp³-hybridized carbons (Fsp3) is 0.562. The molecule has 0 amide bonds. The molecule has 1 unspecified atom stereocenters. The van der Waals surface area contributed by atoms with E-state index in [1.807, 2.05) is 6.07 Å². The summed E-state index contributed by atoms with van der Waals surface area (Å²) in [5, 5.41) is 0. The minimum Gasteiger partial charge on any atom is -0.298 e. The summed E-state index contributed by atoms with van der Waals surface area (Å²) in [6.07, 6.45) is 7.27. The van der Waals surface area contributed by atoms with Crippen LogP contribution >= 0.6 is 11.8 Å². The maximum absolute atomic E-state index is 12.2. The number of carbonyl (C=O) groups excluding carboxylic acids is 1. The molecule has 0 bridgehead atoms. The smallest absolute Gasteiger partial charge is 0.150 e. The fourth-order valence-corrected chi connectivity index (χ4v) is 5.05. The largest absolute Gasteiger partial charge is 0.298 e. The van der Waals surface area contributed by atoms with E-state index in [-0.39, 0.29) is 4.75 Å². The van der Waals surface area contributed by atoms with Crippen molar-refractivity contribution < 1.29 is 4.79 Å². The van der Waals surface area contributed by atoms with Gasteiger partial charge in [0.05, 0.1) is 4.75 Å². The Labute approximate surface area is 113 Å². The van der Waals surface area contributed by atoms with Crippen LogP contribution in [0.2, 0.25) is 0 Å². The van der Waals surface area contributed by atoms with Gasteiger partial charge in [-0.3, -0.25) is 4.79 Å². The molecule has 0 radical (unpaired) electrons. The Morgan fingerprint density at radius 2 is 1.72 bits per heavy atom. The number of carbonyl (C=O) groups is 1. The van der Waals surface area contributed by atoms with Crippen molar-refractivity contribution in [3.8, 4) is 0 Å². The molecule has 1 spiro atoms. The lowest BCUT2D eigenvalue weighted by Gasteiger charge is -2.57. The number of Topliss-reactive ketones (excluding diaryl/α,β-unsaturated/α-hetero) is 1. The maximum Gasteiger partial charge on any atom is 0.150 e. The van der Waals surface area contributed by atoms with Gasteiger partial charge in [0, 0.05) is 11.3 Å². The van der Waals surface area contributed by atoms with Crippen LogP contribution in [0.15, 0.2) is 35.2 Å². The predicted octanol–water partition coefficient (Wildman–Crippen LogP) is 4.46. The van der Waals surface area contributed by atoms with E-state index < -0.39 is 0 Å². The molecule has 0 saturated heterocycles. The highest BCUT2D eigenvalue weighted by Gasteiger charge is 2.62. The molecule has 18 heavy (non-hydrogen) atoms. The lowest BCUT2D eigenvalue weighted by Crippen LogP contribution is -2.61. The van der Waals surface area contributed by atoms with Crippen molar-refractivity contribution >= 4 is 17.5 Å². The van der Waals surface area contributed by atoms with Crippen molar-refractivity contribution in [2.45, 2.75) is 55.1 Å². The molecule has 2 fully saturated rings. The summed E-state index contributed by atoms with van der Waals surface area (Å²) in [4.78, 5) is 13.4. The highest BCUT2D eigenvalue weighted by molar-refractivity contribution is 8.01. The van der Waals surface area contributed by atoms with Crippen LogP contribution in [0.4, 0.5) is 0 Å². The van der Waals surface area contributed by atoms with Gasteiger partial charge in [0.15, 0.2) is 0 Å². The van der Waals surface area contributed by atoms with Crippen LogP contribution < -0.4 is 0 Å². The van der Waals surface area contributed by atoms with Gasteiger partial charge in [-0.2, -0.15) is 0 Å². The van der Waals surface area contributed by atoms with Gasteiger partial charge in [-0.25, -0.2) is 0 Å². The van der Waals surface area contributed by atoms with Crippen LogP contribution in [-0.2, 0) is 4.79 Å². The van der Waals surface area contributed by atoms with E-state index in [0.29, 0.717) is 11.2 Å². The molecule has 0 aromatic heterocycles. The van der Waals surface area contributed by atoms with E-state index in [4.69, 9.17) is 0 Å². The first-order valence-electron chi connectivity index (χ1n) is 6.94. The number of benzene rings is 1. The molecular weight excluding hydrogens is 240 g/mol. The van der Waals surface area contributed by atoms with E-state index in [9.17, 15) is 4.79 Å². The third-order valence-electron chi connectivity index (χ3n) is 4.92. The summed E-state index contributed by atoms with van der Waals surface area (Å²) < 4.78 is -0.172. The highest BCUT2D eigenvalue weighted by atomic mass is 32.2. The Morgan fingerprint density at radius 1 is 1.06 bits per heavy atom. The van der Waals surface area contributed by atoms with Crippen molar-refractivity contribution in [3.63, 3.8) is 0 Å². The van der Waals surface area contributed by atoms with Crippen molar-refractivity contribution in [2.75, 3.05) is 0 Å². The Morgan fingerprint density at radius 3 is 2.33 bits per heavy atom. The predicted molar refractivity (Wildman–Crippen MR) is 75.8 cm³/mol. The summed E-state index contributed by atoms with van der Waals surface area (Å²) in [6.45, 7) is 2.18. The SMILES string of the molecule is CC1(Sc2ccccc2)C(=O)CC12CCCCC2. The van der Waals surface area contributed by atoms with Gasteiger partial charge in [0.1, 0.15) is 5.78 Å². The lowest BCUT2D eigenvalue weighted by atomic mass is 9.53. The topological polar surface area (TPSA) is 17.1 Å². The van der Waals surface area contributed by atoms with Crippen LogP contribution in [0.1, 0.15) is 45.4 Å². The molecular formula is C16H20OS. The first kappa shape index (κ1) is 12.3. The Balaban J connectivity index is 1.85. The Kier molecular flexibility index (Phi) is 3.01. The third-order valence-corrected chi connectivity index (χ3v) is 6.50. The molecule has 1 nitrogen and oxygen atoms in total. The van der Waals surface area contributed by atoms with Gasteiger partial charge in [0.25, 0.3) is 0 Å². The van der Waals surface area contributed by atoms with Crippen LogP contribution in [0.3, 0.4) is 0 Å². The van der Waals surface area contributed by atoms with Crippen molar-refractivity contribution in [3.05, 3.63) is 30.3 Å². The van der Waals surface area contributed by atoms with Crippen LogP contribution in [-0.4, -0.2) is 10.5 Å². The second-order valence-corrected chi connectivity index (χ2v) is 7.38. The fourth-order valence-electron chi connectivity index (χ4n) is 3.61. The summed E-state index contributed by atoms with van der Waals surface area (Å²) in [6, 6.07) is 10.4. The quantitative estimate of drug-likeness (QED) is 0.781. The molecule has 0 N–H and O–H groups in total. The molecule has 2 aliphatic rings. The summed E-state index contributed by atoms with van der Waals surface area (Å²) in [5.74, 6) is 0.457. The Bertz CT molecular complexity index is 447. The molecule has 0 aliphatic heterocycles. The summed E-state index contributed by atoms with van der Waals surface area (Å²) >= 11 is 1.80. The van der Waals surface area contributed by atoms with Gasteiger partial charge in [0.2, 0.25) is 0 Å². The Hall–Kier alpha value is -0.760. The van der Waals surface area contributed by atoms with E-state index in [1.165, 1.54) is 37.0 Å². The van der Waals surface area contributed by atoms with Crippen LogP contribution in [0, 0.1) is 5.41 Å². The zero-order valence-electron chi connectivity index (χ0n) is 10.9. The standard InChI is InChI=1S/C16H20OS/c1-15(18-13-8-4-2-5-9-13)14(17)12-16(15)10-6-3-7-11-16/h2,4-5,8-9H,3,6-7,10-12H2,1H3. The van der Waals surface area contributed by atoms with E-state index in [1.54, 1.807) is 11.8 Å². The number of ketones is 1. The molecule has 1 aromatic rings. The lowest BCUT2D eigenvalue weighted by molar-refractivity contribution is -0.140. The van der Waals surface area contributed by atoms with Gasteiger partial charge in [-0.15, -0.1) is 11.8 Å². The minimum absolute atomic E-state index is 0.172. The van der Waals surface area contributed by atoms with E-state index >= 15 is 0 Å². The summed E-state index contributed by atoms with van der Waals surface area (Å²) in [5.41, 5.74) is 0.294. The normalized spacial score (nSPS) is 30.2. The molecule has 1 aromatic carbocycles. The first-order valence-corrected chi connectivity index (χ1v) is 7.75. The third kappa shape index (κ3) is 1.73. The van der Waals surface area contributed by atoms with Crippen molar-refractivity contribution in [1.29, 1.82) is 0 Å². The maximum atomic E-state index is 12.2. The second-order valence-electron chi connectivity index (χ2n) is 5.89. The second kappa shape index (κ2) is 4.41. The monoisotopic (exact) mass is 260 g/mol. The minimum atomic E-state index is -0.172. The number of hydrogen-bond acceptors (Lipinski definition) is 2. The van der Waals surface area contributed by atoms with Gasteiger partial charge in [-0.1, -0.05) is 37.5 Å². The summed E-state index contributed by atoms with van der Waals surface area (Å²) in [7, 11) is 0. The average molecular weight is 260 g/mol. The average Bonchev–Trinajstić information content (AvgIpc) is 2.41. The van der Waals surface area contributed by atoms with Crippen LogP contribution in [0.25, 0.3) is 0 Å². The molecule has 2 saturated carbocycles. The molecule has 3 rings (SSSR count). The highest BCUT2D eigenvalue weighted by Crippen LogP contribution is 2.63. The van der Waals surface area contributed by atoms with Gasteiger partial charge >= 0.3 is 0 Å². The first-order chi connectivity index (χ1) is 8.66. The zero-order valence-corrected chi connectivity index (χ0v) is 11.8. The molecule has 2 aliphatic carbocycles. The molecule has 2 heteroatoms. The van der Waals surface area contributed by atoms with Crippen LogP contribution in [0.5, 0.6) is 0 Å². The number of thioether (sulfide) groups is 1. The zero-order chi connectivity index (χ0) is 12.6. The molecule has 1 atom stereocenters. The van der Waals surface area contributed by atoms with Gasteiger partial charge in [-0.05, 0) is 37.3 Å². The van der Waals surface area contributed by atoms with E-state index in [0.717, 1.165) is 6.42 Å². The van der Waals surface area contributed by atoms with Gasteiger partial charge < -0.3 is 0 Å². The van der Waals surface area contributed by atoms with Crippen molar-refractivity contribution in [2.24, 2.45) is 5.41 Å². The van der Waals surface area contributed by atoms with E-state index in [2.05, 4.69) is 31.2 Å². The molecule has 96 valence electrons. The van der Waals surface area contributed by atoms with Crippen molar-refractivity contribution in [1.82, 2.24) is 0 Å².